The zero-order valence-electron chi connectivity index (χ0n) is 27.7. The Labute approximate surface area is 286 Å². The van der Waals surface area contributed by atoms with Gasteiger partial charge in [0.2, 0.25) is 0 Å². The highest BCUT2D eigenvalue weighted by Gasteiger charge is 2.37. The van der Waals surface area contributed by atoms with E-state index in [1.165, 1.54) is 98.7 Å². The third-order valence-corrected chi connectivity index (χ3v) is 11.0. The molecule has 0 heterocycles. The van der Waals surface area contributed by atoms with Crippen molar-refractivity contribution in [1.82, 2.24) is 0 Å². The van der Waals surface area contributed by atoms with Crippen molar-refractivity contribution < 1.29 is 0 Å². The summed E-state index contributed by atoms with van der Waals surface area (Å²) in [6.07, 6.45) is 0. The molecule has 0 unspecified atom stereocenters. The van der Waals surface area contributed by atoms with Gasteiger partial charge in [-0.05, 0) is 105 Å². The minimum Gasteiger partial charge on any atom is -0.0622 e. The molecule has 0 fully saturated rings. The summed E-state index contributed by atoms with van der Waals surface area (Å²) < 4.78 is 0. The van der Waals surface area contributed by atoms with E-state index in [1.807, 2.05) is 0 Å². The van der Waals surface area contributed by atoms with Crippen molar-refractivity contribution in [1.29, 1.82) is 0 Å². The van der Waals surface area contributed by atoms with Crippen molar-refractivity contribution in [2.45, 2.75) is 19.3 Å². The first-order valence-corrected chi connectivity index (χ1v) is 17.3. The second-order valence-corrected chi connectivity index (χ2v) is 14.0. The van der Waals surface area contributed by atoms with E-state index in [1.54, 1.807) is 0 Å². The molecule has 0 N–H and O–H groups in total. The molecule has 1 aliphatic rings. The molecule has 0 amide bonds. The fourth-order valence-corrected chi connectivity index (χ4v) is 8.78. The van der Waals surface area contributed by atoms with E-state index in [4.69, 9.17) is 0 Å². The molecule has 0 aliphatic heterocycles. The van der Waals surface area contributed by atoms with Crippen LogP contribution in [0.15, 0.2) is 170 Å². The average molecular weight is 623 g/mol. The van der Waals surface area contributed by atoms with Crippen molar-refractivity contribution in [3.63, 3.8) is 0 Å². The maximum absolute atomic E-state index is 2.42. The van der Waals surface area contributed by atoms with E-state index in [2.05, 4.69) is 184 Å². The zero-order chi connectivity index (χ0) is 32.7. The molecule has 10 rings (SSSR count). The maximum atomic E-state index is 2.42. The fraction of sp³-hybridized carbons (Fsp3) is 0.0612. The predicted molar refractivity (Wildman–Crippen MR) is 210 cm³/mol. The summed E-state index contributed by atoms with van der Waals surface area (Å²) in [4.78, 5) is 0. The highest BCUT2D eigenvalue weighted by molar-refractivity contribution is 6.28. The first kappa shape index (κ1) is 28.1. The SMILES string of the molecule is CC1(C)c2ccccc2-c2c1ccc1c(-c3ccc4ccccc4c3)c3ccccc3c(-c3ccc(-c4ccccc4)c4ccccc34)c21. The molecule has 0 saturated heterocycles. The molecular weight excluding hydrogens is 589 g/mol. The van der Waals surface area contributed by atoms with Gasteiger partial charge in [-0.15, -0.1) is 0 Å². The Bertz CT molecular complexity index is 2780. The smallest absolute Gasteiger partial charge is 0.0159 e. The number of rotatable bonds is 3. The molecule has 0 radical (unpaired) electrons. The third kappa shape index (κ3) is 4.04. The molecule has 1 aliphatic carbocycles. The summed E-state index contributed by atoms with van der Waals surface area (Å²) in [7, 11) is 0. The van der Waals surface area contributed by atoms with Gasteiger partial charge in [-0.1, -0.05) is 178 Å². The van der Waals surface area contributed by atoms with Crippen molar-refractivity contribution in [2.24, 2.45) is 0 Å². The Morgan fingerprint density at radius 1 is 0.327 bits per heavy atom. The van der Waals surface area contributed by atoms with Crippen LogP contribution in [-0.4, -0.2) is 0 Å². The lowest BCUT2D eigenvalue weighted by molar-refractivity contribution is 0.661. The summed E-state index contributed by atoms with van der Waals surface area (Å²) >= 11 is 0. The van der Waals surface area contributed by atoms with Crippen LogP contribution in [0.3, 0.4) is 0 Å². The normalized spacial score (nSPS) is 13.3. The van der Waals surface area contributed by atoms with Gasteiger partial charge in [0, 0.05) is 5.41 Å². The number of fused-ring (bicyclic) bond motifs is 8. The summed E-state index contributed by atoms with van der Waals surface area (Å²) in [5.74, 6) is 0. The Balaban J connectivity index is 1.41. The van der Waals surface area contributed by atoms with Gasteiger partial charge < -0.3 is 0 Å². The maximum Gasteiger partial charge on any atom is 0.0159 e. The van der Waals surface area contributed by atoms with E-state index in [0.717, 1.165) is 0 Å². The highest BCUT2D eigenvalue weighted by atomic mass is 14.4. The number of hydrogen-bond donors (Lipinski definition) is 0. The van der Waals surface area contributed by atoms with E-state index in [0.29, 0.717) is 0 Å². The van der Waals surface area contributed by atoms with Gasteiger partial charge in [0.15, 0.2) is 0 Å². The Hall–Kier alpha value is -5.98. The van der Waals surface area contributed by atoms with Crippen LogP contribution in [0.4, 0.5) is 0 Å². The molecule has 0 spiro atoms. The van der Waals surface area contributed by atoms with Gasteiger partial charge in [-0.25, -0.2) is 0 Å². The monoisotopic (exact) mass is 622 g/mol. The summed E-state index contributed by atoms with van der Waals surface area (Å²) in [5.41, 5.74) is 13.0. The average Bonchev–Trinajstić information content (AvgIpc) is 3.39. The van der Waals surface area contributed by atoms with Crippen LogP contribution in [0.2, 0.25) is 0 Å². The van der Waals surface area contributed by atoms with Gasteiger partial charge in [0.1, 0.15) is 0 Å². The lowest BCUT2D eigenvalue weighted by Crippen LogP contribution is -2.14. The molecular formula is C49H34. The molecule has 49 heavy (non-hydrogen) atoms. The van der Waals surface area contributed by atoms with Crippen molar-refractivity contribution >= 4 is 43.1 Å². The van der Waals surface area contributed by atoms with Crippen LogP contribution in [-0.2, 0) is 5.41 Å². The van der Waals surface area contributed by atoms with E-state index < -0.39 is 0 Å². The Morgan fingerprint density at radius 2 is 0.939 bits per heavy atom. The van der Waals surface area contributed by atoms with Crippen molar-refractivity contribution in [3.8, 4) is 44.5 Å². The molecule has 0 aromatic heterocycles. The summed E-state index contributed by atoms with van der Waals surface area (Å²) in [6, 6.07) is 63.2. The third-order valence-electron chi connectivity index (χ3n) is 11.0. The molecule has 0 bridgehead atoms. The number of benzene rings is 9. The molecule has 0 saturated carbocycles. The quantitative estimate of drug-likeness (QED) is 0.172. The van der Waals surface area contributed by atoms with Crippen molar-refractivity contribution in [3.05, 3.63) is 181 Å². The minimum absolute atomic E-state index is 0.106. The molecule has 9 aromatic rings. The van der Waals surface area contributed by atoms with Gasteiger partial charge in [0.25, 0.3) is 0 Å². The summed E-state index contributed by atoms with van der Waals surface area (Å²) in [5, 5.41) is 10.3. The highest BCUT2D eigenvalue weighted by Crippen LogP contribution is 2.56. The first-order chi connectivity index (χ1) is 24.1. The largest absolute Gasteiger partial charge is 0.0622 e. The second kappa shape index (κ2) is 10.5. The Kier molecular flexibility index (Phi) is 6.02. The predicted octanol–water partition coefficient (Wildman–Crippen LogP) is 13.6. The molecule has 0 nitrogen and oxygen atoms in total. The van der Waals surface area contributed by atoms with Crippen LogP contribution in [0.25, 0.3) is 87.6 Å². The van der Waals surface area contributed by atoms with E-state index in [9.17, 15) is 0 Å². The molecule has 230 valence electrons. The lowest BCUT2D eigenvalue weighted by atomic mass is 9.79. The van der Waals surface area contributed by atoms with E-state index >= 15 is 0 Å². The van der Waals surface area contributed by atoms with Crippen LogP contribution in [0.1, 0.15) is 25.0 Å². The fourth-order valence-electron chi connectivity index (χ4n) is 8.78. The number of hydrogen-bond acceptors (Lipinski definition) is 0. The van der Waals surface area contributed by atoms with Gasteiger partial charge in [-0.3, -0.25) is 0 Å². The first-order valence-electron chi connectivity index (χ1n) is 17.3. The summed E-state index contributed by atoms with van der Waals surface area (Å²) in [6.45, 7) is 4.77. The van der Waals surface area contributed by atoms with Gasteiger partial charge >= 0.3 is 0 Å². The molecule has 0 heteroatoms. The van der Waals surface area contributed by atoms with Crippen LogP contribution >= 0.6 is 0 Å². The minimum atomic E-state index is -0.106. The molecule has 0 atom stereocenters. The standard InChI is InChI=1S/C49H34/c1-49(2)43-23-13-12-22-41(43)47-44(49)29-28-42-45(34-25-24-31-14-6-7-17-33(31)30-34)38-20-10-11-21-39(38)46(48(42)47)40-27-26-35(32-15-4-3-5-16-32)36-18-8-9-19-37(36)40/h3-30H,1-2H3. The van der Waals surface area contributed by atoms with Crippen molar-refractivity contribution in [2.75, 3.05) is 0 Å². The topological polar surface area (TPSA) is 0 Å². The van der Waals surface area contributed by atoms with Crippen LogP contribution < -0.4 is 0 Å². The van der Waals surface area contributed by atoms with Gasteiger partial charge in [-0.2, -0.15) is 0 Å². The second-order valence-electron chi connectivity index (χ2n) is 14.0. The molecule has 9 aromatic carbocycles. The zero-order valence-corrected chi connectivity index (χ0v) is 27.7. The van der Waals surface area contributed by atoms with Gasteiger partial charge in [0.05, 0.1) is 0 Å². The van der Waals surface area contributed by atoms with Crippen LogP contribution in [0, 0.1) is 0 Å². The lowest BCUT2D eigenvalue weighted by Gasteiger charge is -2.24. The Morgan fingerprint density at radius 3 is 1.73 bits per heavy atom. The van der Waals surface area contributed by atoms with E-state index in [-0.39, 0.29) is 5.41 Å². The van der Waals surface area contributed by atoms with Crippen LogP contribution in [0.5, 0.6) is 0 Å².